The lowest BCUT2D eigenvalue weighted by Crippen LogP contribution is -2.51. The van der Waals surface area contributed by atoms with Gasteiger partial charge < -0.3 is 20.3 Å². The van der Waals surface area contributed by atoms with E-state index in [0.717, 1.165) is 44.0 Å². The second kappa shape index (κ2) is 8.34. The van der Waals surface area contributed by atoms with Crippen LogP contribution in [0.3, 0.4) is 0 Å². The van der Waals surface area contributed by atoms with Gasteiger partial charge in [0.1, 0.15) is 0 Å². The summed E-state index contributed by atoms with van der Waals surface area (Å²) >= 11 is 0. The number of guanidine groups is 1. The number of morpholine rings is 1. The van der Waals surface area contributed by atoms with Gasteiger partial charge in [0.15, 0.2) is 5.96 Å². The minimum atomic E-state index is 0.265. The van der Waals surface area contributed by atoms with E-state index in [0.29, 0.717) is 6.04 Å². The van der Waals surface area contributed by atoms with E-state index in [1.54, 1.807) is 0 Å². The quantitative estimate of drug-likeness (QED) is 0.615. The van der Waals surface area contributed by atoms with E-state index in [-0.39, 0.29) is 6.10 Å². The Hall–Kier alpha value is -0.810. The molecule has 3 rings (SSSR count). The molecule has 3 fully saturated rings. The average Bonchev–Trinajstić information content (AvgIpc) is 2.58. The van der Waals surface area contributed by atoms with E-state index in [2.05, 4.69) is 27.6 Å². The normalized spacial score (nSPS) is 36.3. The summed E-state index contributed by atoms with van der Waals surface area (Å²) in [5.41, 5.74) is 0. The predicted molar refractivity (Wildman–Crippen MR) is 94.8 cm³/mol. The molecule has 0 aromatic heterocycles. The van der Waals surface area contributed by atoms with Gasteiger partial charge in [-0.25, -0.2) is 0 Å². The number of nitrogens with zero attached hydrogens (tertiary/aromatic N) is 2. The first-order chi connectivity index (χ1) is 11.2. The summed E-state index contributed by atoms with van der Waals surface area (Å²) in [6, 6.07) is 0.593. The second-order valence-corrected chi connectivity index (χ2v) is 7.67. The number of ether oxygens (including phenoxy) is 1. The van der Waals surface area contributed by atoms with E-state index in [1.165, 1.54) is 44.9 Å². The lowest BCUT2D eigenvalue weighted by molar-refractivity contribution is -0.0161. The highest BCUT2D eigenvalue weighted by Gasteiger charge is 2.32. The Morgan fingerprint density at radius 3 is 2.78 bits per heavy atom. The van der Waals surface area contributed by atoms with Crippen LogP contribution in [0, 0.1) is 11.8 Å². The molecule has 23 heavy (non-hydrogen) atoms. The maximum atomic E-state index is 5.82. The third-order valence-electron chi connectivity index (χ3n) is 5.94. The molecule has 5 nitrogen and oxygen atoms in total. The second-order valence-electron chi connectivity index (χ2n) is 7.67. The van der Waals surface area contributed by atoms with E-state index in [1.807, 2.05) is 7.05 Å². The Labute approximate surface area is 141 Å². The van der Waals surface area contributed by atoms with Crippen molar-refractivity contribution >= 4 is 5.96 Å². The highest BCUT2D eigenvalue weighted by molar-refractivity contribution is 5.80. The maximum Gasteiger partial charge on any atom is 0.191 e. The van der Waals surface area contributed by atoms with Crippen molar-refractivity contribution in [1.82, 2.24) is 15.5 Å². The van der Waals surface area contributed by atoms with Gasteiger partial charge in [-0.1, -0.05) is 25.7 Å². The van der Waals surface area contributed by atoms with Crippen molar-refractivity contribution in [3.63, 3.8) is 0 Å². The first-order valence-electron chi connectivity index (χ1n) is 9.52. The van der Waals surface area contributed by atoms with E-state index in [9.17, 15) is 0 Å². The molecule has 132 valence electrons. The number of fused-ring (bicyclic) bond motifs is 1. The molecule has 0 bridgehead atoms. The first kappa shape index (κ1) is 17.0. The minimum Gasteiger partial charge on any atom is -0.374 e. The van der Waals surface area contributed by atoms with Gasteiger partial charge in [0.05, 0.1) is 12.7 Å². The Bertz CT molecular complexity index is 400. The number of nitrogens with one attached hydrogen (secondary N) is 2. The van der Waals surface area contributed by atoms with Gasteiger partial charge in [0, 0.05) is 32.7 Å². The van der Waals surface area contributed by atoms with Crippen LogP contribution in [-0.2, 0) is 4.74 Å². The van der Waals surface area contributed by atoms with Gasteiger partial charge in [0.2, 0.25) is 0 Å². The molecule has 1 aliphatic heterocycles. The van der Waals surface area contributed by atoms with Crippen LogP contribution in [0.15, 0.2) is 4.99 Å². The molecule has 0 spiro atoms. The molecule has 0 amide bonds. The van der Waals surface area contributed by atoms with Crippen LogP contribution in [0.25, 0.3) is 0 Å². The summed E-state index contributed by atoms with van der Waals surface area (Å²) in [7, 11) is 4.03. The van der Waals surface area contributed by atoms with Crippen molar-refractivity contribution in [3.05, 3.63) is 0 Å². The van der Waals surface area contributed by atoms with Crippen molar-refractivity contribution in [2.24, 2.45) is 16.8 Å². The highest BCUT2D eigenvalue weighted by atomic mass is 16.5. The fraction of sp³-hybridized carbons (Fsp3) is 0.944. The van der Waals surface area contributed by atoms with Crippen LogP contribution in [-0.4, -0.2) is 63.3 Å². The lowest BCUT2D eigenvalue weighted by Gasteiger charge is -2.40. The zero-order chi connectivity index (χ0) is 16.1. The molecule has 0 radical (unpaired) electrons. The number of rotatable bonds is 3. The molecule has 0 aromatic carbocycles. The standard InChI is InChI=1S/C18H34N4O/c1-19-18(20-12-17-13-22(2)9-10-23-17)21-16-8-7-14-5-3-4-6-15(14)11-16/h14-17H,3-13H2,1-2H3,(H2,19,20,21). The molecule has 2 N–H and O–H groups in total. The molecule has 2 aliphatic carbocycles. The molecular formula is C18H34N4O. The van der Waals surface area contributed by atoms with Crippen LogP contribution in [0.1, 0.15) is 44.9 Å². The third-order valence-corrected chi connectivity index (χ3v) is 5.94. The summed E-state index contributed by atoms with van der Waals surface area (Å²) in [6.45, 7) is 3.70. The van der Waals surface area contributed by atoms with Gasteiger partial charge in [-0.05, 0) is 38.1 Å². The molecule has 5 heteroatoms. The summed E-state index contributed by atoms with van der Waals surface area (Å²) in [5.74, 6) is 2.90. The van der Waals surface area contributed by atoms with Crippen molar-refractivity contribution in [2.75, 3.05) is 40.3 Å². The fourth-order valence-corrected chi connectivity index (χ4v) is 4.59. The van der Waals surface area contributed by atoms with Gasteiger partial charge in [0.25, 0.3) is 0 Å². The topological polar surface area (TPSA) is 48.9 Å². The molecule has 0 aromatic rings. The smallest absolute Gasteiger partial charge is 0.191 e. The summed E-state index contributed by atoms with van der Waals surface area (Å²) in [4.78, 5) is 6.74. The Balaban J connectivity index is 1.42. The van der Waals surface area contributed by atoms with Crippen LogP contribution in [0.4, 0.5) is 0 Å². The monoisotopic (exact) mass is 322 g/mol. The number of likely N-dealkylation sites (N-methyl/N-ethyl adjacent to an activating group) is 1. The molecular weight excluding hydrogens is 288 g/mol. The Morgan fingerprint density at radius 1 is 1.17 bits per heavy atom. The van der Waals surface area contributed by atoms with Gasteiger partial charge in [-0.2, -0.15) is 0 Å². The van der Waals surface area contributed by atoms with Gasteiger partial charge in [-0.15, -0.1) is 0 Å². The Kier molecular flexibility index (Phi) is 6.17. The van der Waals surface area contributed by atoms with Crippen molar-refractivity contribution < 1.29 is 4.74 Å². The van der Waals surface area contributed by atoms with Crippen LogP contribution >= 0.6 is 0 Å². The largest absolute Gasteiger partial charge is 0.374 e. The number of aliphatic imine (C=N–C) groups is 1. The van der Waals surface area contributed by atoms with Crippen LogP contribution in [0.2, 0.25) is 0 Å². The van der Waals surface area contributed by atoms with E-state index < -0.39 is 0 Å². The maximum absolute atomic E-state index is 5.82. The predicted octanol–water partition coefficient (Wildman–Crippen LogP) is 1.84. The molecule has 1 heterocycles. The third kappa shape index (κ3) is 4.83. The lowest BCUT2D eigenvalue weighted by atomic mass is 9.69. The average molecular weight is 322 g/mol. The molecule has 1 saturated heterocycles. The highest BCUT2D eigenvalue weighted by Crippen LogP contribution is 2.40. The molecule has 4 atom stereocenters. The Morgan fingerprint density at radius 2 is 2.00 bits per heavy atom. The van der Waals surface area contributed by atoms with E-state index >= 15 is 0 Å². The van der Waals surface area contributed by atoms with Gasteiger partial charge in [-0.3, -0.25) is 4.99 Å². The van der Waals surface area contributed by atoms with Crippen molar-refractivity contribution in [1.29, 1.82) is 0 Å². The number of hydrogen-bond donors (Lipinski definition) is 2. The zero-order valence-electron chi connectivity index (χ0n) is 14.9. The van der Waals surface area contributed by atoms with Crippen molar-refractivity contribution in [3.8, 4) is 0 Å². The fourth-order valence-electron chi connectivity index (χ4n) is 4.59. The van der Waals surface area contributed by atoms with E-state index in [4.69, 9.17) is 4.74 Å². The van der Waals surface area contributed by atoms with Crippen LogP contribution in [0.5, 0.6) is 0 Å². The SMILES string of the molecule is CN=C(NCC1CN(C)CCO1)NC1CCC2CCCCC2C1. The van der Waals surface area contributed by atoms with Crippen molar-refractivity contribution in [2.45, 2.75) is 57.1 Å². The minimum absolute atomic E-state index is 0.265. The van der Waals surface area contributed by atoms with Crippen LogP contribution < -0.4 is 10.6 Å². The zero-order valence-corrected chi connectivity index (χ0v) is 14.9. The first-order valence-corrected chi connectivity index (χ1v) is 9.52. The molecule has 2 saturated carbocycles. The molecule has 3 aliphatic rings. The summed E-state index contributed by atoms with van der Waals surface area (Å²) in [5, 5.41) is 7.13. The summed E-state index contributed by atoms with van der Waals surface area (Å²) in [6.07, 6.45) is 10.1. The van der Waals surface area contributed by atoms with Gasteiger partial charge >= 0.3 is 0 Å². The molecule has 4 unspecified atom stereocenters. The summed E-state index contributed by atoms with van der Waals surface area (Å²) < 4.78 is 5.82. The number of hydrogen-bond acceptors (Lipinski definition) is 3.